The molecule has 1 aliphatic rings. The third-order valence-electron chi connectivity index (χ3n) is 5.95. The Morgan fingerprint density at radius 3 is 2.59 bits per heavy atom. The number of nitrogens with zero attached hydrogens (tertiary/aromatic N) is 1. The number of ether oxygens (including phenoxy) is 2. The van der Waals surface area contributed by atoms with Gasteiger partial charge in [0.25, 0.3) is 0 Å². The fourth-order valence-corrected chi connectivity index (χ4v) is 4.89. The summed E-state index contributed by atoms with van der Waals surface area (Å²) in [6.45, 7) is 2.30. The van der Waals surface area contributed by atoms with E-state index in [2.05, 4.69) is 16.7 Å². The number of nitriles is 1. The van der Waals surface area contributed by atoms with Gasteiger partial charge in [0.2, 0.25) is 11.8 Å². The van der Waals surface area contributed by atoms with Gasteiger partial charge in [-0.05, 0) is 41.8 Å². The van der Waals surface area contributed by atoms with Crippen LogP contribution in [0, 0.1) is 18.3 Å². The molecular weight excluding hydrogens is 486 g/mol. The van der Waals surface area contributed by atoms with Gasteiger partial charge in [-0.15, -0.1) is 0 Å². The number of hydrogen-bond donors (Lipinski definition) is 2. The molecule has 2 amide bonds. The molecular formula is C29H27N3O4S. The molecule has 0 saturated carbocycles. The van der Waals surface area contributed by atoms with Crippen molar-refractivity contribution in [2.24, 2.45) is 0 Å². The first-order chi connectivity index (χ1) is 18.0. The second-order valence-electron chi connectivity index (χ2n) is 8.50. The number of benzene rings is 3. The summed E-state index contributed by atoms with van der Waals surface area (Å²) in [6, 6.07) is 25.0. The number of allylic oxidation sites excluding steroid dienone is 1. The van der Waals surface area contributed by atoms with Gasteiger partial charge < -0.3 is 20.1 Å². The highest BCUT2D eigenvalue weighted by atomic mass is 32.2. The van der Waals surface area contributed by atoms with Crippen LogP contribution in [0.15, 0.2) is 83.4 Å². The number of carbonyl (C=O) groups excluding carboxylic acids is 2. The van der Waals surface area contributed by atoms with Crippen LogP contribution in [0.4, 0.5) is 5.69 Å². The van der Waals surface area contributed by atoms with Crippen LogP contribution in [0.2, 0.25) is 0 Å². The van der Waals surface area contributed by atoms with Crippen LogP contribution >= 0.6 is 11.8 Å². The summed E-state index contributed by atoms with van der Waals surface area (Å²) in [7, 11) is 1.55. The molecule has 0 radical (unpaired) electrons. The van der Waals surface area contributed by atoms with Gasteiger partial charge in [0, 0.05) is 18.0 Å². The quantitative estimate of drug-likeness (QED) is 0.403. The summed E-state index contributed by atoms with van der Waals surface area (Å²) < 4.78 is 11.5. The molecule has 8 heteroatoms. The van der Waals surface area contributed by atoms with Gasteiger partial charge in [-0.3, -0.25) is 9.59 Å². The zero-order chi connectivity index (χ0) is 26.2. The van der Waals surface area contributed by atoms with Crippen LogP contribution in [0.1, 0.15) is 29.0 Å². The zero-order valence-corrected chi connectivity index (χ0v) is 21.4. The van der Waals surface area contributed by atoms with Crippen LogP contribution in [-0.4, -0.2) is 24.7 Å². The summed E-state index contributed by atoms with van der Waals surface area (Å²) in [5.74, 6) is 0.245. The maximum atomic E-state index is 12.6. The van der Waals surface area contributed by atoms with Gasteiger partial charge in [-0.1, -0.05) is 66.4 Å². The normalized spacial score (nSPS) is 14.9. The molecule has 0 aromatic heterocycles. The van der Waals surface area contributed by atoms with Gasteiger partial charge in [0.15, 0.2) is 11.5 Å². The van der Waals surface area contributed by atoms with E-state index in [1.54, 1.807) is 19.2 Å². The smallest absolute Gasteiger partial charge is 0.234 e. The molecule has 4 rings (SSSR count). The molecule has 0 bridgehead atoms. The average Bonchev–Trinajstić information content (AvgIpc) is 2.92. The Kier molecular flexibility index (Phi) is 8.49. The Hall–Kier alpha value is -4.22. The number of methoxy groups -OCH3 is 1. The number of nitrogens with one attached hydrogen (secondary N) is 2. The molecule has 3 aromatic carbocycles. The van der Waals surface area contributed by atoms with Crippen LogP contribution in [0.5, 0.6) is 11.5 Å². The molecule has 0 aliphatic carbocycles. The molecule has 3 aromatic rings. The van der Waals surface area contributed by atoms with Gasteiger partial charge in [-0.2, -0.15) is 5.26 Å². The lowest BCUT2D eigenvalue weighted by Crippen LogP contribution is -2.31. The lowest BCUT2D eigenvalue weighted by Gasteiger charge is -2.25. The van der Waals surface area contributed by atoms with Crippen molar-refractivity contribution in [3.8, 4) is 17.6 Å². The number of rotatable bonds is 9. The zero-order valence-electron chi connectivity index (χ0n) is 20.6. The number of para-hydroxylation sites is 1. The van der Waals surface area contributed by atoms with Crippen molar-refractivity contribution in [2.45, 2.75) is 25.9 Å². The Morgan fingerprint density at radius 1 is 1.11 bits per heavy atom. The van der Waals surface area contributed by atoms with E-state index < -0.39 is 5.92 Å². The first-order valence-electron chi connectivity index (χ1n) is 11.8. The second kappa shape index (κ2) is 12.2. The topological polar surface area (TPSA) is 100 Å². The van der Waals surface area contributed by atoms with Crippen LogP contribution in [0.25, 0.3) is 0 Å². The van der Waals surface area contributed by atoms with Crippen LogP contribution < -0.4 is 20.1 Å². The minimum Gasteiger partial charge on any atom is -0.493 e. The Morgan fingerprint density at radius 2 is 1.86 bits per heavy atom. The fraction of sp³-hybridized carbons (Fsp3) is 0.207. The fourth-order valence-electron chi connectivity index (χ4n) is 4.01. The van der Waals surface area contributed by atoms with Crippen molar-refractivity contribution in [3.05, 3.63) is 100 Å². The molecule has 0 saturated heterocycles. The molecule has 0 fully saturated rings. The lowest BCUT2D eigenvalue weighted by atomic mass is 9.87. The SMILES string of the molecule is COc1cc([C@H]2CC(=O)NC(SCC(=O)Nc3ccccc3C)=C2C#N)ccc1OCc1ccccc1. The third-order valence-corrected chi connectivity index (χ3v) is 6.97. The number of anilines is 1. The molecule has 2 N–H and O–H groups in total. The molecule has 1 aliphatic heterocycles. The maximum Gasteiger partial charge on any atom is 0.234 e. The van der Waals surface area contributed by atoms with Crippen molar-refractivity contribution in [3.63, 3.8) is 0 Å². The summed E-state index contributed by atoms with van der Waals surface area (Å²) in [4.78, 5) is 25.1. The largest absolute Gasteiger partial charge is 0.493 e. The van der Waals surface area contributed by atoms with Crippen molar-refractivity contribution in [1.82, 2.24) is 5.32 Å². The van der Waals surface area contributed by atoms with Gasteiger partial charge >= 0.3 is 0 Å². The minimum atomic E-state index is -0.460. The number of amides is 2. The van der Waals surface area contributed by atoms with Crippen molar-refractivity contribution < 1.29 is 19.1 Å². The summed E-state index contributed by atoms with van der Waals surface area (Å²) in [5, 5.41) is 16.0. The number of aryl methyl sites for hydroxylation is 1. The Balaban J connectivity index is 1.50. The summed E-state index contributed by atoms with van der Waals surface area (Å²) >= 11 is 1.14. The molecule has 0 unspecified atom stereocenters. The molecule has 37 heavy (non-hydrogen) atoms. The van der Waals surface area contributed by atoms with Crippen molar-refractivity contribution in [1.29, 1.82) is 5.26 Å². The van der Waals surface area contributed by atoms with Crippen molar-refractivity contribution >= 4 is 29.3 Å². The van der Waals surface area contributed by atoms with Crippen LogP contribution in [-0.2, 0) is 16.2 Å². The summed E-state index contributed by atoms with van der Waals surface area (Å²) in [5.41, 5.74) is 3.88. The van der Waals surface area contributed by atoms with E-state index in [-0.39, 0.29) is 24.0 Å². The van der Waals surface area contributed by atoms with Gasteiger partial charge in [0.1, 0.15) is 6.61 Å². The minimum absolute atomic E-state index is 0.0530. The Bertz CT molecular complexity index is 1370. The van der Waals surface area contributed by atoms with E-state index in [0.29, 0.717) is 28.7 Å². The predicted molar refractivity (Wildman–Crippen MR) is 144 cm³/mol. The van der Waals surface area contributed by atoms with E-state index in [1.807, 2.05) is 67.6 Å². The number of thioether (sulfide) groups is 1. The first-order valence-corrected chi connectivity index (χ1v) is 12.7. The van der Waals surface area contributed by atoms with E-state index in [9.17, 15) is 14.9 Å². The standard InChI is InChI=1S/C29H27N3O4S/c1-19-8-6-7-11-24(19)31-28(34)18-37-29-23(16-30)22(15-27(33)32-29)21-12-13-25(26(14-21)35-2)36-17-20-9-4-3-5-10-20/h3-14,22H,15,17-18H2,1-2H3,(H,31,34)(H,32,33)/t22-/m1/s1. The molecule has 0 spiro atoms. The average molecular weight is 514 g/mol. The molecule has 188 valence electrons. The molecule has 1 heterocycles. The first kappa shape index (κ1) is 25.9. The predicted octanol–water partition coefficient (Wildman–Crippen LogP) is 5.29. The number of hydrogen-bond acceptors (Lipinski definition) is 6. The Labute approximate surface area is 220 Å². The highest BCUT2D eigenvalue weighted by Gasteiger charge is 2.30. The highest BCUT2D eigenvalue weighted by molar-refractivity contribution is 8.03. The van der Waals surface area contributed by atoms with E-state index in [1.165, 1.54) is 0 Å². The second-order valence-corrected chi connectivity index (χ2v) is 9.48. The van der Waals surface area contributed by atoms with E-state index in [4.69, 9.17) is 9.47 Å². The monoisotopic (exact) mass is 513 g/mol. The molecule has 1 atom stereocenters. The van der Waals surface area contributed by atoms with E-state index >= 15 is 0 Å². The van der Waals surface area contributed by atoms with Crippen LogP contribution in [0.3, 0.4) is 0 Å². The van der Waals surface area contributed by atoms with Crippen molar-refractivity contribution in [2.75, 3.05) is 18.2 Å². The maximum absolute atomic E-state index is 12.6. The summed E-state index contributed by atoms with van der Waals surface area (Å²) in [6.07, 6.45) is 0.121. The lowest BCUT2D eigenvalue weighted by molar-refractivity contribution is -0.121. The number of carbonyl (C=O) groups is 2. The third kappa shape index (κ3) is 6.51. The highest BCUT2D eigenvalue weighted by Crippen LogP contribution is 2.39. The van der Waals surface area contributed by atoms with Gasteiger partial charge in [-0.25, -0.2) is 0 Å². The van der Waals surface area contributed by atoms with E-state index in [0.717, 1.165) is 34.1 Å². The molecule has 7 nitrogen and oxygen atoms in total. The van der Waals surface area contributed by atoms with Gasteiger partial charge in [0.05, 0.1) is 29.5 Å².